The van der Waals surface area contributed by atoms with Crippen molar-refractivity contribution in [2.45, 2.75) is 65.1 Å². The molecule has 2 aliphatic rings. The molecule has 1 saturated heterocycles. The fourth-order valence-corrected chi connectivity index (χ4v) is 5.00. The number of amides is 4. The summed E-state index contributed by atoms with van der Waals surface area (Å²) in [5.41, 5.74) is 0.267. The van der Waals surface area contributed by atoms with Gasteiger partial charge in [-0.2, -0.15) is 0 Å². The number of imide groups is 1. The van der Waals surface area contributed by atoms with Crippen molar-refractivity contribution in [2.75, 3.05) is 6.54 Å². The number of hydrogen-bond donors (Lipinski definition) is 1. The first-order valence-electron chi connectivity index (χ1n) is 11.7. The Morgan fingerprint density at radius 3 is 2.39 bits per heavy atom. The summed E-state index contributed by atoms with van der Waals surface area (Å²) >= 11 is 0. The highest BCUT2D eigenvalue weighted by Gasteiger charge is 2.53. The van der Waals surface area contributed by atoms with E-state index in [-0.39, 0.29) is 30.3 Å². The zero-order valence-electron chi connectivity index (χ0n) is 19.7. The predicted molar refractivity (Wildman–Crippen MR) is 124 cm³/mol. The van der Waals surface area contributed by atoms with E-state index in [9.17, 15) is 14.4 Å². The van der Waals surface area contributed by atoms with E-state index in [1.54, 1.807) is 17.2 Å². The van der Waals surface area contributed by atoms with Crippen LogP contribution in [0.3, 0.4) is 0 Å². The summed E-state index contributed by atoms with van der Waals surface area (Å²) in [5.74, 6) is 0.594. The van der Waals surface area contributed by atoms with Crippen molar-refractivity contribution in [1.29, 1.82) is 0 Å². The molecule has 33 heavy (non-hydrogen) atoms. The standard InChI is InChI=1S/C26H33N3O4/c1-25(2,3)20-11-13-26(14-12-20)23(31)29(24(32)27-26)18-22(30)28(17-21-10-7-15-33-21)16-19-8-5-4-6-9-19/h4-10,15,20H,11-14,16-18H2,1-3H3,(H,27,32). The van der Waals surface area contributed by atoms with Gasteiger partial charge in [0, 0.05) is 6.54 Å². The van der Waals surface area contributed by atoms with Gasteiger partial charge >= 0.3 is 6.03 Å². The van der Waals surface area contributed by atoms with Crippen molar-refractivity contribution >= 4 is 17.8 Å². The number of nitrogens with zero attached hydrogens (tertiary/aromatic N) is 2. The number of carbonyl (C=O) groups is 3. The lowest BCUT2D eigenvalue weighted by Gasteiger charge is -2.40. The van der Waals surface area contributed by atoms with E-state index in [0.29, 0.717) is 31.1 Å². The third-order valence-corrected chi connectivity index (χ3v) is 7.10. The van der Waals surface area contributed by atoms with Crippen LogP contribution >= 0.6 is 0 Å². The second kappa shape index (κ2) is 9.04. The van der Waals surface area contributed by atoms with Crippen LogP contribution in [0.15, 0.2) is 53.1 Å². The van der Waals surface area contributed by atoms with Gasteiger partial charge in [0.15, 0.2) is 0 Å². The molecule has 1 spiro atoms. The third-order valence-electron chi connectivity index (χ3n) is 7.10. The largest absolute Gasteiger partial charge is 0.467 e. The molecule has 1 aromatic heterocycles. The minimum atomic E-state index is -0.871. The van der Waals surface area contributed by atoms with Crippen molar-refractivity contribution in [1.82, 2.24) is 15.1 Å². The molecule has 2 aromatic rings. The molecule has 7 heteroatoms. The first-order valence-corrected chi connectivity index (χ1v) is 11.7. The van der Waals surface area contributed by atoms with Crippen LogP contribution in [0.2, 0.25) is 0 Å². The van der Waals surface area contributed by atoms with Crippen molar-refractivity contribution in [3.63, 3.8) is 0 Å². The fourth-order valence-electron chi connectivity index (χ4n) is 5.00. The maximum atomic E-state index is 13.3. The number of nitrogens with one attached hydrogen (secondary N) is 1. The molecule has 0 bridgehead atoms. The highest BCUT2D eigenvalue weighted by molar-refractivity contribution is 6.09. The number of benzene rings is 1. The fraction of sp³-hybridized carbons (Fsp3) is 0.500. The zero-order valence-corrected chi connectivity index (χ0v) is 19.7. The lowest BCUT2D eigenvalue weighted by molar-refractivity contribution is -0.140. The Morgan fingerprint density at radius 2 is 1.79 bits per heavy atom. The monoisotopic (exact) mass is 451 g/mol. The van der Waals surface area contributed by atoms with Gasteiger partial charge in [-0.1, -0.05) is 51.1 Å². The topological polar surface area (TPSA) is 82.9 Å². The minimum absolute atomic E-state index is 0.173. The quantitative estimate of drug-likeness (QED) is 0.663. The van der Waals surface area contributed by atoms with Crippen LogP contribution in [0.4, 0.5) is 4.79 Å². The Balaban J connectivity index is 1.46. The Morgan fingerprint density at radius 1 is 1.09 bits per heavy atom. The maximum Gasteiger partial charge on any atom is 0.325 e. The zero-order chi connectivity index (χ0) is 23.6. The lowest BCUT2D eigenvalue weighted by atomic mass is 9.67. The average Bonchev–Trinajstić information content (AvgIpc) is 3.36. The van der Waals surface area contributed by atoms with Crippen LogP contribution in [0.1, 0.15) is 57.8 Å². The molecule has 7 nitrogen and oxygen atoms in total. The van der Waals surface area contributed by atoms with E-state index in [4.69, 9.17) is 4.42 Å². The predicted octanol–water partition coefficient (Wildman–Crippen LogP) is 4.34. The van der Waals surface area contributed by atoms with E-state index in [2.05, 4.69) is 26.1 Å². The average molecular weight is 452 g/mol. The summed E-state index contributed by atoms with van der Waals surface area (Å²) in [6.07, 6.45) is 4.57. The Hall–Kier alpha value is -3.09. The Bertz CT molecular complexity index is 986. The summed E-state index contributed by atoms with van der Waals surface area (Å²) in [6.45, 7) is 7.01. The Labute approximate surface area is 195 Å². The van der Waals surface area contributed by atoms with E-state index in [0.717, 1.165) is 23.3 Å². The maximum absolute atomic E-state index is 13.3. The van der Waals surface area contributed by atoms with Crippen molar-refractivity contribution in [3.8, 4) is 0 Å². The third kappa shape index (κ3) is 4.97. The highest BCUT2D eigenvalue weighted by atomic mass is 16.3. The molecule has 1 aliphatic heterocycles. The number of furan rings is 1. The molecular weight excluding hydrogens is 418 g/mol. The summed E-state index contributed by atoms with van der Waals surface area (Å²) in [5, 5.41) is 2.93. The molecule has 1 saturated carbocycles. The van der Waals surface area contributed by atoms with E-state index < -0.39 is 11.6 Å². The van der Waals surface area contributed by atoms with Gasteiger partial charge in [-0.05, 0) is 54.7 Å². The van der Waals surface area contributed by atoms with E-state index >= 15 is 0 Å². The van der Waals surface area contributed by atoms with Crippen LogP contribution in [-0.4, -0.2) is 39.7 Å². The molecule has 0 unspecified atom stereocenters. The Kier molecular flexibility index (Phi) is 6.32. The van der Waals surface area contributed by atoms with Crippen LogP contribution in [-0.2, 0) is 22.7 Å². The number of urea groups is 1. The van der Waals surface area contributed by atoms with Crippen molar-refractivity contribution in [2.24, 2.45) is 11.3 Å². The smallest absolute Gasteiger partial charge is 0.325 e. The van der Waals surface area contributed by atoms with E-state index in [1.165, 1.54) is 0 Å². The van der Waals surface area contributed by atoms with Gasteiger partial charge in [0.2, 0.25) is 5.91 Å². The molecule has 0 radical (unpaired) electrons. The molecule has 4 rings (SSSR count). The minimum Gasteiger partial charge on any atom is -0.467 e. The second-order valence-corrected chi connectivity index (χ2v) is 10.4. The molecule has 0 atom stereocenters. The summed E-state index contributed by atoms with van der Waals surface area (Å²) in [6, 6.07) is 12.7. The molecule has 2 heterocycles. The molecule has 4 amide bonds. The molecule has 1 aromatic carbocycles. The van der Waals surface area contributed by atoms with Crippen LogP contribution in [0.25, 0.3) is 0 Å². The SMILES string of the molecule is CC(C)(C)C1CCC2(CC1)NC(=O)N(CC(=O)N(Cc1ccccc1)Cc1ccco1)C2=O. The van der Waals surface area contributed by atoms with Gasteiger partial charge in [-0.15, -0.1) is 0 Å². The number of carbonyl (C=O) groups excluding carboxylic acids is 3. The molecule has 176 valence electrons. The van der Waals surface area contributed by atoms with E-state index in [1.807, 2.05) is 36.4 Å². The van der Waals surface area contributed by atoms with Gasteiger partial charge in [-0.25, -0.2) is 4.79 Å². The summed E-state index contributed by atoms with van der Waals surface area (Å²) in [7, 11) is 0. The molecular formula is C26H33N3O4. The van der Waals surface area contributed by atoms with Gasteiger partial charge in [0.05, 0.1) is 12.8 Å². The van der Waals surface area contributed by atoms with Crippen molar-refractivity contribution in [3.05, 3.63) is 60.1 Å². The molecule has 1 N–H and O–H groups in total. The normalized spacial score (nSPS) is 23.1. The van der Waals surface area contributed by atoms with Gasteiger partial charge < -0.3 is 14.6 Å². The second-order valence-electron chi connectivity index (χ2n) is 10.4. The van der Waals surface area contributed by atoms with Crippen LogP contribution in [0.5, 0.6) is 0 Å². The summed E-state index contributed by atoms with van der Waals surface area (Å²) in [4.78, 5) is 42.1. The first-order chi connectivity index (χ1) is 15.7. The van der Waals surface area contributed by atoms with Crippen LogP contribution in [0, 0.1) is 11.3 Å². The van der Waals surface area contributed by atoms with Gasteiger partial charge in [-0.3, -0.25) is 14.5 Å². The summed E-state index contributed by atoms with van der Waals surface area (Å²) < 4.78 is 5.44. The highest BCUT2D eigenvalue weighted by Crippen LogP contribution is 2.43. The number of hydrogen-bond acceptors (Lipinski definition) is 4. The lowest BCUT2D eigenvalue weighted by Crippen LogP contribution is -2.51. The van der Waals surface area contributed by atoms with Gasteiger partial charge in [0.1, 0.15) is 17.8 Å². The van der Waals surface area contributed by atoms with Crippen molar-refractivity contribution < 1.29 is 18.8 Å². The first kappa shape index (κ1) is 23.1. The van der Waals surface area contributed by atoms with Crippen LogP contribution < -0.4 is 5.32 Å². The molecule has 2 fully saturated rings. The molecule has 1 aliphatic carbocycles. The van der Waals surface area contributed by atoms with Gasteiger partial charge in [0.25, 0.3) is 5.91 Å². The number of rotatable bonds is 6.